The summed E-state index contributed by atoms with van der Waals surface area (Å²) in [4.78, 5) is 16.1. The summed E-state index contributed by atoms with van der Waals surface area (Å²) in [7, 11) is -2.03. The third-order valence-electron chi connectivity index (χ3n) is 4.48. The van der Waals surface area contributed by atoms with Crippen molar-refractivity contribution in [2.45, 2.75) is 17.9 Å². The second-order valence-electron chi connectivity index (χ2n) is 6.35. The first kappa shape index (κ1) is 17.4. The summed E-state index contributed by atoms with van der Waals surface area (Å²) >= 11 is 0. The summed E-state index contributed by atoms with van der Waals surface area (Å²) in [5.41, 5.74) is 1.33. The molecule has 1 unspecified atom stereocenters. The van der Waals surface area contributed by atoms with Gasteiger partial charge >= 0.3 is 5.63 Å². The third-order valence-corrected chi connectivity index (χ3v) is 6.02. The maximum atomic E-state index is 12.9. The van der Waals surface area contributed by atoms with Gasteiger partial charge in [-0.2, -0.15) is 0 Å². The number of nitrogens with one attached hydrogen (secondary N) is 1. The molecule has 0 aliphatic heterocycles. The lowest BCUT2D eigenvalue weighted by Gasteiger charge is -2.15. The van der Waals surface area contributed by atoms with E-state index in [1.165, 1.54) is 24.5 Å². The molecule has 8 heteroatoms. The molecule has 2 aromatic heterocycles. The highest BCUT2D eigenvalue weighted by Gasteiger charge is 2.20. The quantitative estimate of drug-likeness (QED) is 0.547. The molecule has 0 bridgehead atoms. The third kappa shape index (κ3) is 3.02. The van der Waals surface area contributed by atoms with Crippen LogP contribution in [0, 0.1) is 0 Å². The minimum Gasteiger partial charge on any atom is -0.421 e. The molecule has 0 radical (unpaired) electrons. The van der Waals surface area contributed by atoms with E-state index < -0.39 is 21.7 Å². The highest BCUT2D eigenvalue weighted by atomic mass is 32.2. The Morgan fingerprint density at radius 3 is 2.63 bits per heavy atom. The van der Waals surface area contributed by atoms with Crippen LogP contribution in [0.4, 0.5) is 0 Å². The van der Waals surface area contributed by atoms with Crippen molar-refractivity contribution >= 4 is 32.0 Å². The van der Waals surface area contributed by atoms with Gasteiger partial charge in [-0.25, -0.2) is 22.9 Å². The van der Waals surface area contributed by atoms with E-state index >= 15 is 0 Å². The fourth-order valence-corrected chi connectivity index (χ4v) is 4.36. The van der Waals surface area contributed by atoms with Gasteiger partial charge < -0.3 is 8.98 Å². The first-order valence-corrected chi connectivity index (χ1v) is 9.80. The van der Waals surface area contributed by atoms with Crippen LogP contribution in [0.25, 0.3) is 22.0 Å². The van der Waals surface area contributed by atoms with Crippen LogP contribution >= 0.6 is 0 Å². The van der Waals surface area contributed by atoms with E-state index in [-0.39, 0.29) is 10.4 Å². The molecule has 1 N–H and O–H groups in total. The number of nitrogens with zero attached hydrogens (tertiary/aromatic N) is 2. The average Bonchev–Trinajstić information content (AvgIpc) is 3.04. The van der Waals surface area contributed by atoms with Gasteiger partial charge in [0.15, 0.2) is 5.52 Å². The van der Waals surface area contributed by atoms with E-state index in [2.05, 4.69) is 9.71 Å². The number of benzene rings is 2. The predicted molar refractivity (Wildman–Crippen MR) is 102 cm³/mol. The summed E-state index contributed by atoms with van der Waals surface area (Å²) in [6.45, 7) is 1.78. The molecule has 7 nitrogen and oxygen atoms in total. The molecule has 138 valence electrons. The van der Waals surface area contributed by atoms with Crippen LogP contribution < -0.4 is 10.3 Å². The van der Waals surface area contributed by atoms with Crippen LogP contribution in [0.15, 0.2) is 69.0 Å². The zero-order chi connectivity index (χ0) is 19.2. The molecule has 0 aliphatic rings. The number of aromatic nitrogens is 2. The van der Waals surface area contributed by atoms with Crippen molar-refractivity contribution in [1.82, 2.24) is 14.3 Å². The molecule has 0 fully saturated rings. The molecule has 4 rings (SSSR count). The summed E-state index contributed by atoms with van der Waals surface area (Å²) in [6.07, 6.45) is 1.50. The van der Waals surface area contributed by atoms with Crippen LogP contribution in [-0.2, 0) is 17.1 Å². The molecule has 0 aliphatic carbocycles. The molecule has 0 spiro atoms. The fraction of sp³-hybridized carbons (Fsp3) is 0.158. The molecule has 2 aromatic carbocycles. The smallest absolute Gasteiger partial charge is 0.364 e. The topological polar surface area (TPSA) is 94.2 Å². The Morgan fingerprint density at radius 2 is 1.89 bits per heavy atom. The molecule has 0 saturated carbocycles. The summed E-state index contributed by atoms with van der Waals surface area (Å²) in [5, 5.41) is 0.514. The van der Waals surface area contributed by atoms with Crippen molar-refractivity contribution < 1.29 is 12.8 Å². The lowest BCUT2D eigenvalue weighted by molar-refractivity contribution is 0.564. The molecular weight excluding hydrogens is 366 g/mol. The molecule has 2 heterocycles. The van der Waals surface area contributed by atoms with Gasteiger partial charge in [0.25, 0.3) is 0 Å². The predicted octanol–water partition coefficient (Wildman–Crippen LogP) is 2.72. The van der Waals surface area contributed by atoms with Gasteiger partial charge in [-0.15, -0.1) is 0 Å². The van der Waals surface area contributed by atoms with Gasteiger partial charge in [0.1, 0.15) is 5.58 Å². The minimum atomic E-state index is -3.77. The van der Waals surface area contributed by atoms with Crippen LogP contribution in [0.1, 0.15) is 18.5 Å². The largest absolute Gasteiger partial charge is 0.421 e. The van der Waals surface area contributed by atoms with Crippen LogP contribution in [0.3, 0.4) is 0 Å². The second kappa shape index (κ2) is 6.33. The van der Waals surface area contributed by atoms with E-state index in [1.807, 2.05) is 30.3 Å². The average molecular weight is 383 g/mol. The van der Waals surface area contributed by atoms with Crippen LogP contribution in [0.5, 0.6) is 0 Å². The molecule has 0 saturated heterocycles. The SMILES string of the molecule is CC(NS(=O)(=O)c1ccc2oc(=O)c3ncn(C)c3c2c1)c1ccccc1. The van der Waals surface area contributed by atoms with Crippen LogP contribution in [0.2, 0.25) is 0 Å². The molecule has 27 heavy (non-hydrogen) atoms. The standard InChI is InChI=1S/C19H17N3O4S/c1-12(13-6-4-3-5-7-13)21-27(24,25)14-8-9-16-15(10-14)18-17(19(23)26-16)20-11-22(18)2/h3-12,21H,1-2H3. The monoisotopic (exact) mass is 383 g/mol. The number of aryl methyl sites for hydroxylation is 1. The highest BCUT2D eigenvalue weighted by molar-refractivity contribution is 7.89. The van der Waals surface area contributed by atoms with E-state index in [1.54, 1.807) is 18.5 Å². The normalized spacial score (nSPS) is 13.3. The van der Waals surface area contributed by atoms with Gasteiger partial charge in [-0.05, 0) is 30.7 Å². The Labute approximate surface area is 155 Å². The number of rotatable bonds is 4. The van der Waals surface area contributed by atoms with Crippen molar-refractivity contribution in [2.75, 3.05) is 0 Å². The van der Waals surface area contributed by atoms with Gasteiger partial charge in [0, 0.05) is 18.5 Å². The Hall–Kier alpha value is -2.97. The van der Waals surface area contributed by atoms with Crippen molar-refractivity contribution in [2.24, 2.45) is 7.05 Å². The van der Waals surface area contributed by atoms with E-state index in [9.17, 15) is 13.2 Å². The Bertz CT molecular complexity index is 1310. The van der Waals surface area contributed by atoms with Crippen molar-refractivity contribution in [3.05, 3.63) is 70.8 Å². The number of sulfonamides is 1. The number of hydrogen-bond donors (Lipinski definition) is 1. The summed E-state index contributed by atoms with van der Waals surface area (Å²) in [5.74, 6) is 0. The molecular formula is C19H17N3O4S. The van der Waals surface area contributed by atoms with Crippen LogP contribution in [-0.4, -0.2) is 18.0 Å². The number of hydrogen-bond acceptors (Lipinski definition) is 5. The number of fused-ring (bicyclic) bond motifs is 3. The first-order chi connectivity index (χ1) is 12.9. The van der Waals surface area contributed by atoms with E-state index in [0.29, 0.717) is 16.5 Å². The Morgan fingerprint density at radius 1 is 1.15 bits per heavy atom. The lowest BCUT2D eigenvalue weighted by Crippen LogP contribution is -2.26. The molecule has 0 amide bonds. The van der Waals surface area contributed by atoms with Gasteiger partial charge in [-0.1, -0.05) is 30.3 Å². The van der Waals surface area contributed by atoms with E-state index in [0.717, 1.165) is 5.56 Å². The van der Waals surface area contributed by atoms with Gasteiger partial charge in [-0.3, -0.25) is 0 Å². The maximum Gasteiger partial charge on any atom is 0.364 e. The summed E-state index contributed by atoms with van der Waals surface area (Å²) < 4.78 is 35.3. The highest BCUT2D eigenvalue weighted by Crippen LogP contribution is 2.25. The second-order valence-corrected chi connectivity index (χ2v) is 8.07. The fourth-order valence-electron chi connectivity index (χ4n) is 3.11. The van der Waals surface area contributed by atoms with Gasteiger partial charge in [0.2, 0.25) is 10.0 Å². The van der Waals surface area contributed by atoms with Crippen molar-refractivity contribution in [3.63, 3.8) is 0 Å². The summed E-state index contributed by atoms with van der Waals surface area (Å²) in [6, 6.07) is 13.3. The first-order valence-electron chi connectivity index (χ1n) is 8.32. The molecule has 4 aromatic rings. The maximum absolute atomic E-state index is 12.9. The van der Waals surface area contributed by atoms with Gasteiger partial charge in [0.05, 0.1) is 16.7 Å². The van der Waals surface area contributed by atoms with E-state index in [4.69, 9.17) is 4.42 Å². The minimum absolute atomic E-state index is 0.0918. The number of imidazole rings is 1. The zero-order valence-electron chi connectivity index (χ0n) is 14.7. The molecule has 1 atom stereocenters. The lowest BCUT2D eigenvalue weighted by atomic mass is 10.1. The zero-order valence-corrected chi connectivity index (χ0v) is 15.5. The Balaban J connectivity index is 1.81. The van der Waals surface area contributed by atoms with Crippen molar-refractivity contribution in [1.29, 1.82) is 0 Å². The Kier molecular flexibility index (Phi) is 4.09. The van der Waals surface area contributed by atoms with Crippen molar-refractivity contribution in [3.8, 4) is 0 Å².